The van der Waals surface area contributed by atoms with E-state index < -0.39 is 12.0 Å². The molecule has 0 aliphatic carbocycles. The number of carbonyl (C=O) groups excluding carboxylic acids is 2. The van der Waals surface area contributed by atoms with Gasteiger partial charge in [0.05, 0.1) is 13.3 Å². The Morgan fingerprint density at radius 1 is 1.67 bits per heavy atom. The van der Waals surface area contributed by atoms with Gasteiger partial charge in [-0.05, 0) is 0 Å². The lowest BCUT2D eigenvalue weighted by molar-refractivity contribution is 0.0932. The molecule has 1 aromatic heterocycles. The first-order chi connectivity index (χ1) is 5.74. The quantitative estimate of drug-likeness (QED) is 0.580. The van der Waals surface area contributed by atoms with Gasteiger partial charge in [-0.1, -0.05) is 0 Å². The summed E-state index contributed by atoms with van der Waals surface area (Å²) in [6.07, 6.45) is 0.362. The van der Waals surface area contributed by atoms with Crippen LogP contribution in [0.15, 0.2) is 6.20 Å². The summed E-state index contributed by atoms with van der Waals surface area (Å²) in [6.45, 7) is 0. The van der Waals surface area contributed by atoms with Crippen molar-refractivity contribution in [2.75, 3.05) is 7.11 Å². The van der Waals surface area contributed by atoms with E-state index in [0.29, 0.717) is 0 Å². The van der Waals surface area contributed by atoms with Crippen LogP contribution in [0.3, 0.4) is 0 Å². The van der Waals surface area contributed by atoms with E-state index in [1.54, 1.807) is 0 Å². The van der Waals surface area contributed by atoms with Crippen LogP contribution >= 0.6 is 0 Å². The van der Waals surface area contributed by atoms with Crippen LogP contribution in [0.25, 0.3) is 0 Å². The minimum Gasteiger partial charge on any atom is -0.453 e. The molecule has 0 aromatic carbocycles. The largest absolute Gasteiger partial charge is 0.453 e. The van der Waals surface area contributed by atoms with Crippen LogP contribution in [0.1, 0.15) is 10.5 Å². The molecule has 2 N–H and O–H groups in total. The molecule has 0 aliphatic rings. The standard InChI is InChI=1S/C5H6N4O3/c1-12-5(11)7-4(10)3-2-6-9-8-3/h2H,1H3,(H,6,8,9)(H,7,10,11). The summed E-state index contributed by atoms with van der Waals surface area (Å²) in [7, 11) is 1.16. The number of aromatic nitrogens is 3. The lowest BCUT2D eigenvalue weighted by Crippen LogP contribution is -2.30. The van der Waals surface area contributed by atoms with Crippen molar-refractivity contribution in [1.29, 1.82) is 0 Å². The van der Waals surface area contributed by atoms with Crippen LogP contribution in [0, 0.1) is 0 Å². The van der Waals surface area contributed by atoms with E-state index in [9.17, 15) is 9.59 Å². The second kappa shape index (κ2) is 3.46. The summed E-state index contributed by atoms with van der Waals surface area (Å²) in [5, 5.41) is 11.0. The third kappa shape index (κ3) is 1.78. The molecule has 2 amide bonds. The minimum atomic E-state index is -0.831. The fourth-order valence-electron chi connectivity index (χ4n) is 0.519. The molecule has 0 saturated heterocycles. The molecule has 1 rings (SSSR count). The Morgan fingerprint density at radius 2 is 2.42 bits per heavy atom. The molecule has 64 valence electrons. The van der Waals surface area contributed by atoms with E-state index in [0.717, 1.165) is 7.11 Å². The average molecular weight is 170 g/mol. The first-order valence-electron chi connectivity index (χ1n) is 2.99. The van der Waals surface area contributed by atoms with Gasteiger partial charge in [0.25, 0.3) is 5.91 Å². The molecule has 7 heteroatoms. The number of nitrogens with zero attached hydrogens (tertiary/aromatic N) is 2. The fraction of sp³-hybridized carbons (Fsp3) is 0.200. The van der Waals surface area contributed by atoms with Gasteiger partial charge in [0, 0.05) is 0 Å². The Hall–Kier alpha value is -1.92. The van der Waals surface area contributed by atoms with Gasteiger partial charge in [0.1, 0.15) is 0 Å². The second-order valence-corrected chi connectivity index (χ2v) is 1.80. The number of imide groups is 1. The van der Waals surface area contributed by atoms with Gasteiger partial charge in [-0.2, -0.15) is 15.4 Å². The molecule has 0 fully saturated rings. The smallest absolute Gasteiger partial charge is 0.413 e. The molecule has 0 aliphatic heterocycles. The Morgan fingerprint density at radius 3 is 2.92 bits per heavy atom. The molecule has 0 spiro atoms. The van der Waals surface area contributed by atoms with Crippen molar-refractivity contribution in [3.05, 3.63) is 11.9 Å². The predicted octanol–water partition coefficient (Wildman–Crippen LogP) is -0.699. The lowest BCUT2D eigenvalue weighted by atomic mass is 10.4. The highest BCUT2D eigenvalue weighted by atomic mass is 16.5. The SMILES string of the molecule is COC(=O)NC(=O)c1cn[nH]n1. The first-order valence-corrected chi connectivity index (χ1v) is 2.99. The van der Waals surface area contributed by atoms with E-state index in [1.807, 2.05) is 5.32 Å². The van der Waals surface area contributed by atoms with Crippen LogP contribution in [0.4, 0.5) is 4.79 Å². The number of carbonyl (C=O) groups is 2. The van der Waals surface area contributed by atoms with Crippen LogP contribution < -0.4 is 5.32 Å². The highest BCUT2D eigenvalue weighted by molar-refractivity contribution is 6.01. The molecule has 0 radical (unpaired) electrons. The number of nitrogens with one attached hydrogen (secondary N) is 2. The fourth-order valence-corrected chi connectivity index (χ4v) is 0.519. The molecular formula is C5H6N4O3. The molecule has 0 unspecified atom stereocenters. The van der Waals surface area contributed by atoms with Gasteiger partial charge in [0.2, 0.25) is 0 Å². The lowest BCUT2D eigenvalue weighted by Gasteiger charge is -1.97. The molecule has 0 bridgehead atoms. The van der Waals surface area contributed by atoms with Gasteiger partial charge < -0.3 is 4.74 Å². The highest BCUT2D eigenvalue weighted by Crippen LogP contribution is 1.87. The summed E-state index contributed by atoms with van der Waals surface area (Å²) in [5.41, 5.74) is 0.0281. The van der Waals surface area contributed by atoms with Gasteiger partial charge in [-0.15, -0.1) is 0 Å². The molecular weight excluding hydrogens is 164 g/mol. The van der Waals surface area contributed by atoms with Gasteiger partial charge in [0.15, 0.2) is 5.69 Å². The number of H-pyrrole nitrogens is 1. The van der Waals surface area contributed by atoms with Crippen LogP contribution in [-0.4, -0.2) is 34.5 Å². The van der Waals surface area contributed by atoms with Crippen molar-refractivity contribution in [1.82, 2.24) is 20.7 Å². The predicted molar refractivity (Wildman–Crippen MR) is 36.3 cm³/mol. The van der Waals surface area contributed by atoms with Gasteiger partial charge >= 0.3 is 6.09 Å². The van der Waals surface area contributed by atoms with Crippen molar-refractivity contribution < 1.29 is 14.3 Å². The Bertz CT molecular complexity index is 281. The Balaban J connectivity index is 2.56. The molecule has 0 atom stereocenters. The van der Waals surface area contributed by atoms with E-state index in [2.05, 4.69) is 20.1 Å². The summed E-state index contributed by atoms with van der Waals surface area (Å²) >= 11 is 0. The monoisotopic (exact) mass is 170 g/mol. The number of aromatic amines is 1. The second-order valence-electron chi connectivity index (χ2n) is 1.80. The highest BCUT2D eigenvalue weighted by Gasteiger charge is 2.11. The zero-order valence-corrected chi connectivity index (χ0v) is 6.20. The van der Waals surface area contributed by atoms with Crippen LogP contribution in [-0.2, 0) is 4.74 Å². The van der Waals surface area contributed by atoms with E-state index >= 15 is 0 Å². The topological polar surface area (TPSA) is 97.0 Å². The Kier molecular flexibility index (Phi) is 2.36. The number of hydrogen-bond acceptors (Lipinski definition) is 5. The Labute approximate surface area is 67.1 Å². The van der Waals surface area contributed by atoms with E-state index in [-0.39, 0.29) is 5.69 Å². The number of methoxy groups -OCH3 is 1. The zero-order chi connectivity index (χ0) is 8.97. The summed E-state index contributed by atoms with van der Waals surface area (Å²) in [6, 6.07) is 0. The maximum atomic E-state index is 10.9. The van der Waals surface area contributed by atoms with Crippen LogP contribution in [0.5, 0.6) is 0 Å². The van der Waals surface area contributed by atoms with Gasteiger partial charge in [-0.3, -0.25) is 10.1 Å². The first kappa shape index (κ1) is 8.18. The van der Waals surface area contributed by atoms with Gasteiger partial charge in [-0.25, -0.2) is 4.79 Å². The van der Waals surface area contributed by atoms with Crippen molar-refractivity contribution in [2.45, 2.75) is 0 Å². The van der Waals surface area contributed by atoms with E-state index in [4.69, 9.17) is 0 Å². The number of hydrogen-bond donors (Lipinski definition) is 2. The number of alkyl carbamates (subject to hydrolysis) is 1. The third-order valence-corrected chi connectivity index (χ3v) is 1.05. The number of rotatable bonds is 1. The van der Waals surface area contributed by atoms with Crippen molar-refractivity contribution in [3.63, 3.8) is 0 Å². The number of amides is 2. The zero-order valence-electron chi connectivity index (χ0n) is 6.20. The van der Waals surface area contributed by atoms with Crippen molar-refractivity contribution in [3.8, 4) is 0 Å². The molecule has 1 heterocycles. The maximum Gasteiger partial charge on any atom is 0.413 e. The normalized spacial score (nSPS) is 9.08. The third-order valence-electron chi connectivity index (χ3n) is 1.05. The molecule has 1 aromatic rings. The maximum absolute atomic E-state index is 10.9. The minimum absolute atomic E-state index is 0.0281. The molecule has 7 nitrogen and oxygen atoms in total. The van der Waals surface area contributed by atoms with Crippen molar-refractivity contribution >= 4 is 12.0 Å². The van der Waals surface area contributed by atoms with Crippen LogP contribution in [0.2, 0.25) is 0 Å². The number of ether oxygens (including phenoxy) is 1. The average Bonchev–Trinajstić information content (AvgIpc) is 2.56. The van der Waals surface area contributed by atoms with E-state index in [1.165, 1.54) is 6.20 Å². The summed E-state index contributed by atoms with van der Waals surface area (Å²) < 4.78 is 4.19. The summed E-state index contributed by atoms with van der Waals surface area (Å²) in [5.74, 6) is -0.657. The van der Waals surface area contributed by atoms with Crippen molar-refractivity contribution in [2.24, 2.45) is 0 Å². The summed E-state index contributed by atoms with van der Waals surface area (Å²) in [4.78, 5) is 21.4. The molecule has 12 heavy (non-hydrogen) atoms. The molecule has 0 saturated carbocycles.